The van der Waals surface area contributed by atoms with Crippen LogP contribution in [0.15, 0.2) is 67.0 Å². The first-order valence-corrected chi connectivity index (χ1v) is 11.2. The molecular weight excluding hydrogens is 430 g/mol. The van der Waals surface area contributed by atoms with Gasteiger partial charge in [0, 0.05) is 18.4 Å². The van der Waals surface area contributed by atoms with Gasteiger partial charge < -0.3 is 24.6 Å². The van der Waals surface area contributed by atoms with Gasteiger partial charge in [0.25, 0.3) is 0 Å². The molecule has 0 amide bonds. The highest BCUT2D eigenvalue weighted by atomic mass is 16.5. The SMILES string of the molecule is COc1cncc2c1[C@]1(O)[C@H](O)[C@H](CN(C)C)C(c3ccccc3)[C@]1(c1ccc(C#N)cc1)O2. The second-order valence-electron chi connectivity index (χ2n) is 9.27. The Labute approximate surface area is 198 Å². The molecule has 2 aromatic carbocycles. The number of benzene rings is 2. The molecule has 3 aromatic rings. The summed E-state index contributed by atoms with van der Waals surface area (Å²) in [5, 5.41) is 33.9. The minimum absolute atomic E-state index is 0.354. The summed E-state index contributed by atoms with van der Waals surface area (Å²) in [5.74, 6) is -0.0633. The maximum absolute atomic E-state index is 12.6. The van der Waals surface area contributed by atoms with E-state index in [0.717, 1.165) is 5.56 Å². The van der Waals surface area contributed by atoms with E-state index in [0.29, 0.717) is 34.7 Å². The summed E-state index contributed by atoms with van der Waals surface area (Å²) in [5.41, 5.74) is -0.704. The number of nitriles is 1. The standard InChI is InChI=1S/C27H27N3O4/c1-30(2)16-20-23(18-7-5-4-6-8-18)27(19-11-9-17(13-28)10-12-19)26(32,25(20)31)24-21(33-3)14-29-15-22(24)34-27/h4-12,14-15,20,23,25,31-32H,16H2,1-3H3/t20-,23?,25-,26+,27+/m1/s1. The van der Waals surface area contributed by atoms with E-state index >= 15 is 0 Å². The highest BCUT2D eigenvalue weighted by Gasteiger charge is 2.76. The fraction of sp³-hybridized carbons (Fsp3) is 0.333. The lowest BCUT2D eigenvalue weighted by Gasteiger charge is -2.41. The van der Waals surface area contributed by atoms with Crippen molar-refractivity contribution in [2.45, 2.75) is 23.2 Å². The first-order chi connectivity index (χ1) is 16.4. The zero-order valence-corrected chi connectivity index (χ0v) is 19.3. The Morgan fingerprint density at radius 1 is 1.12 bits per heavy atom. The van der Waals surface area contributed by atoms with Crippen LogP contribution in [0, 0.1) is 17.2 Å². The van der Waals surface area contributed by atoms with E-state index in [1.807, 2.05) is 49.3 Å². The fourth-order valence-corrected chi connectivity index (χ4v) is 5.95. The van der Waals surface area contributed by atoms with Gasteiger partial charge in [0.05, 0.1) is 42.8 Å². The van der Waals surface area contributed by atoms with Crippen molar-refractivity contribution in [2.24, 2.45) is 5.92 Å². The molecule has 5 rings (SSSR count). The van der Waals surface area contributed by atoms with Gasteiger partial charge in [-0.3, -0.25) is 4.98 Å². The summed E-state index contributed by atoms with van der Waals surface area (Å²) < 4.78 is 12.3. The summed E-state index contributed by atoms with van der Waals surface area (Å²) >= 11 is 0. The van der Waals surface area contributed by atoms with Crippen molar-refractivity contribution in [1.82, 2.24) is 9.88 Å². The largest absolute Gasteiger partial charge is 0.495 e. The molecule has 0 radical (unpaired) electrons. The number of aliphatic hydroxyl groups excluding tert-OH is 1. The van der Waals surface area contributed by atoms with Gasteiger partial charge in [-0.05, 0) is 37.4 Å². The average Bonchev–Trinajstić information content (AvgIpc) is 3.23. The van der Waals surface area contributed by atoms with Gasteiger partial charge in [0.15, 0.2) is 11.2 Å². The number of hydrogen-bond acceptors (Lipinski definition) is 7. The number of aromatic nitrogens is 1. The Morgan fingerprint density at radius 2 is 1.82 bits per heavy atom. The number of ether oxygens (including phenoxy) is 2. The minimum Gasteiger partial charge on any atom is -0.495 e. The van der Waals surface area contributed by atoms with Gasteiger partial charge in [0.2, 0.25) is 0 Å². The summed E-state index contributed by atoms with van der Waals surface area (Å²) in [4.78, 5) is 6.24. The van der Waals surface area contributed by atoms with Crippen molar-refractivity contribution in [3.8, 4) is 17.6 Å². The van der Waals surface area contributed by atoms with Gasteiger partial charge in [0.1, 0.15) is 11.5 Å². The van der Waals surface area contributed by atoms with Crippen molar-refractivity contribution >= 4 is 0 Å². The second-order valence-corrected chi connectivity index (χ2v) is 9.27. The van der Waals surface area contributed by atoms with Crippen LogP contribution in [0.2, 0.25) is 0 Å². The van der Waals surface area contributed by atoms with Crippen molar-refractivity contribution < 1.29 is 19.7 Å². The van der Waals surface area contributed by atoms with Gasteiger partial charge in [-0.25, -0.2) is 0 Å². The molecule has 7 nitrogen and oxygen atoms in total. The molecule has 1 fully saturated rings. The molecule has 34 heavy (non-hydrogen) atoms. The monoisotopic (exact) mass is 457 g/mol. The summed E-state index contributed by atoms with van der Waals surface area (Å²) in [6.45, 7) is 0.521. The number of rotatable bonds is 5. The Balaban J connectivity index is 1.85. The first kappa shape index (κ1) is 22.4. The van der Waals surface area contributed by atoms with E-state index in [1.165, 1.54) is 13.3 Å². The van der Waals surface area contributed by atoms with Crippen LogP contribution < -0.4 is 9.47 Å². The van der Waals surface area contributed by atoms with Gasteiger partial charge in [-0.15, -0.1) is 0 Å². The Morgan fingerprint density at radius 3 is 2.44 bits per heavy atom. The minimum atomic E-state index is -1.83. The topological polar surface area (TPSA) is 98.8 Å². The molecule has 1 aliphatic heterocycles. The highest BCUT2D eigenvalue weighted by molar-refractivity contribution is 5.59. The molecule has 2 N–H and O–H groups in total. The average molecular weight is 458 g/mol. The third kappa shape index (κ3) is 2.90. The van der Waals surface area contributed by atoms with Crippen LogP contribution >= 0.6 is 0 Å². The number of nitrogens with zero attached hydrogens (tertiary/aromatic N) is 3. The molecule has 1 unspecified atom stereocenters. The quantitative estimate of drug-likeness (QED) is 0.608. The van der Waals surface area contributed by atoms with Gasteiger partial charge >= 0.3 is 0 Å². The van der Waals surface area contributed by atoms with E-state index in [2.05, 4.69) is 11.1 Å². The number of hydrogen-bond donors (Lipinski definition) is 2. The molecular formula is C27H27N3O4. The van der Waals surface area contributed by atoms with Crippen LogP contribution in [0.25, 0.3) is 0 Å². The molecule has 2 aliphatic rings. The molecule has 1 saturated carbocycles. The van der Waals surface area contributed by atoms with Crippen LogP contribution in [-0.4, -0.2) is 54.0 Å². The lowest BCUT2D eigenvalue weighted by molar-refractivity contribution is -0.152. The maximum atomic E-state index is 12.6. The Bertz CT molecular complexity index is 1240. The lowest BCUT2D eigenvalue weighted by atomic mass is 9.70. The predicted octanol–water partition coefficient (Wildman–Crippen LogP) is 2.77. The maximum Gasteiger partial charge on any atom is 0.177 e. The van der Waals surface area contributed by atoms with Crippen LogP contribution in [-0.2, 0) is 11.2 Å². The smallest absolute Gasteiger partial charge is 0.177 e. The summed E-state index contributed by atoms with van der Waals surface area (Å²) in [6.07, 6.45) is 1.90. The Hall–Kier alpha value is -3.44. The summed E-state index contributed by atoms with van der Waals surface area (Å²) in [6, 6.07) is 19.0. The summed E-state index contributed by atoms with van der Waals surface area (Å²) in [7, 11) is 5.40. The van der Waals surface area contributed by atoms with E-state index in [4.69, 9.17) is 9.47 Å². The molecule has 5 atom stereocenters. The van der Waals surface area contributed by atoms with Gasteiger partial charge in [-0.1, -0.05) is 42.5 Å². The molecule has 7 heteroatoms. The second kappa shape index (κ2) is 8.10. The van der Waals surface area contributed by atoms with Crippen molar-refractivity contribution in [2.75, 3.05) is 27.7 Å². The molecule has 1 aliphatic carbocycles. The number of methoxy groups -OCH3 is 1. The van der Waals surface area contributed by atoms with E-state index < -0.39 is 23.2 Å². The van der Waals surface area contributed by atoms with Gasteiger partial charge in [-0.2, -0.15) is 5.26 Å². The van der Waals surface area contributed by atoms with Crippen molar-refractivity contribution in [1.29, 1.82) is 5.26 Å². The van der Waals surface area contributed by atoms with Crippen LogP contribution in [0.1, 0.15) is 28.2 Å². The van der Waals surface area contributed by atoms with E-state index in [9.17, 15) is 15.5 Å². The number of fused-ring (bicyclic) bond motifs is 3. The normalized spacial score (nSPS) is 29.3. The fourth-order valence-electron chi connectivity index (χ4n) is 5.95. The van der Waals surface area contributed by atoms with Crippen molar-refractivity contribution in [3.63, 3.8) is 0 Å². The molecule has 0 saturated heterocycles. The number of aliphatic hydroxyl groups is 2. The highest BCUT2D eigenvalue weighted by Crippen LogP contribution is 2.69. The van der Waals surface area contributed by atoms with Crippen LogP contribution in [0.3, 0.4) is 0 Å². The molecule has 2 heterocycles. The zero-order chi connectivity index (χ0) is 24.1. The third-order valence-corrected chi connectivity index (χ3v) is 7.19. The molecule has 0 bridgehead atoms. The lowest BCUT2D eigenvalue weighted by Crippen LogP contribution is -2.52. The molecule has 0 spiro atoms. The van der Waals surface area contributed by atoms with E-state index in [-0.39, 0.29) is 5.92 Å². The Kier molecular flexibility index (Phi) is 5.33. The molecule has 174 valence electrons. The molecule has 1 aromatic heterocycles. The number of pyridine rings is 1. The van der Waals surface area contributed by atoms with Crippen LogP contribution in [0.4, 0.5) is 0 Å². The van der Waals surface area contributed by atoms with Crippen LogP contribution in [0.5, 0.6) is 11.5 Å². The zero-order valence-electron chi connectivity index (χ0n) is 19.3. The third-order valence-electron chi connectivity index (χ3n) is 7.19. The van der Waals surface area contributed by atoms with Crippen molar-refractivity contribution in [3.05, 3.63) is 89.2 Å². The van der Waals surface area contributed by atoms with E-state index in [1.54, 1.807) is 30.5 Å². The first-order valence-electron chi connectivity index (χ1n) is 11.2. The predicted molar refractivity (Wildman–Crippen MR) is 125 cm³/mol.